The van der Waals surface area contributed by atoms with Crippen LogP contribution in [0, 0.1) is 0 Å². The zero-order valence-electron chi connectivity index (χ0n) is 69.8. The zero-order valence-corrected chi connectivity index (χ0v) is 71.6. The fraction of sp³-hybridized carbons (Fsp3) is 0.688. The number of carbonyl (C=O) groups is 3. The van der Waals surface area contributed by atoms with Crippen molar-refractivity contribution in [3.63, 3.8) is 0 Å². The number of esters is 3. The van der Waals surface area contributed by atoms with Crippen molar-refractivity contribution in [2.75, 3.05) is 39.6 Å². The molecule has 0 aliphatic carbocycles. The van der Waals surface area contributed by atoms with Gasteiger partial charge in [-0.1, -0.05) is 339 Å². The van der Waals surface area contributed by atoms with Gasteiger partial charge in [-0.3, -0.25) is 32.5 Å². The highest BCUT2D eigenvalue weighted by atomic mass is 31.2. The molecule has 111 heavy (non-hydrogen) atoms. The molecule has 0 fully saturated rings. The second-order valence-corrected chi connectivity index (χ2v) is 31.9. The predicted molar refractivity (Wildman–Crippen MR) is 463 cm³/mol. The molecule has 5 atom stereocenters. The molecular formula is C93H158O16P2. The fourth-order valence-corrected chi connectivity index (χ4v) is 13.2. The summed E-state index contributed by atoms with van der Waals surface area (Å²) in [5.41, 5.74) is 0. The fourth-order valence-electron chi connectivity index (χ4n) is 11.6. The van der Waals surface area contributed by atoms with Crippen molar-refractivity contribution in [1.82, 2.24) is 0 Å². The number of phosphoric acid groups is 2. The Morgan fingerprint density at radius 3 is 0.757 bits per heavy atom. The third kappa shape index (κ3) is 85.9. The maximum Gasteiger partial charge on any atom is 0.472 e. The summed E-state index contributed by atoms with van der Waals surface area (Å²) in [5, 5.41) is 20.7. The number of ether oxygens (including phenoxy) is 3. The van der Waals surface area contributed by atoms with Crippen LogP contribution in [-0.2, 0) is 55.8 Å². The number of hydrogen-bond donors (Lipinski definition) is 4. The molecule has 0 amide bonds. The van der Waals surface area contributed by atoms with Crippen LogP contribution in [-0.4, -0.2) is 95.9 Å². The molecular weight excluding hydrogens is 1430 g/mol. The molecule has 16 nitrogen and oxygen atoms in total. The third-order valence-electron chi connectivity index (χ3n) is 18.2. The number of allylic oxidation sites excluding steroid dienone is 26. The van der Waals surface area contributed by atoms with E-state index < -0.39 is 91.5 Å². The van der Waals surface area contributed by atoms with Crippen LogP contribution in [0.25, 0.3) is 0 Å². The molecule has 0 saturated carbocycles. The van der Waals surface area contributed by atoms with Crippen molar-refractivity contribution in [3.05, 3.63) is 158 Å². The molecule has 18 heteroatoms. The summed E-state index contributed by atoms with van der Waals surface area (Å²) in [6, 6.07) is 0. The lowest BCUT2D eigenvalue weighted by atomic mass is 10.0. The van der Waals surface area contributed by atoms with Crippen molar-refractivity contribution in [2.45, 2.75) is 373 Å². The second-order valence-electron chi connectivity index (χ2n) is 29.0. The monoisotopic (exact) mass is 1590 g/mol. The number of aliphatic hydroxyl groups excluding tert-OH is 2. The summed E-state index contributed by atoms with van der Waals surface area (Å²) in [5.74, 6) is -1.60. The summed E-state index contributed by atoms with van der Waals surface area (Å²) < 4.78 is 61.4. The Kier molecular flexibility index (Phi) is 80.9. The summed E-state index contributed by atoms with van der Waals surface area (Å²) in [6.07, 6.45) is 107. The topological polar surface area (TPSA) is 231 Å². The van der Waals surface area contributed by atoms with Crippen LogP contribution in [0.15, 0.2) is 158 Å². The lowest BCUT2D eigenvalue weighted by Crippen LogP contribution is -2.30. The lowest BCUT2D eigenvalue weighted by Gasteiger charge is -2.21. The number of hydrogen-bond acceptors (Lipinski definition) is 14. The zero-order chi connectivity index (χ0) is 80.8. The first kappa shape index (κ1) is 106. The van der Waals surface area contributed by atoms with Crippen molar-refractivity contribution in [1.29, 1.82) is 0 Å². The number of carbonyl (C=O) groups excluding carboxylic acids is 3. The molecule has 4 N–H and O–H groups in total. The summed E-state index contributed by atoms with van der Waals surface area (Å²) in [4.78, 5) is 58.9. The van der Waals surface area contributed by atoms with Crippen molar-refractivity contribution < 1.29 is 75.8 Å². The van der Waals surface area contributed by atoms with E-state index in [2.05, 4.69) is 179 Å². The number of aliphatic hydroxyl groups is 2. The summed E-state index contributed by atoms with van der Waals surface area (Å²) in [7, 11) is -9.82. The van der Waals surface area contributed by atoms with Gasteiger partial charge in [0.05, 0.1) is 26.4 Å². The standard InChI is InChI=1S/C93H158O16P2/c1-4-7-10-13-16-19-22-25-28-31-34-37-39-41-42-43-44-46-48-50-52-55-58-61-64-67-70-73-76-79-91(96)103-82-88(94)83-105-110(99,100)106-84-89(95)85-107-111(101,102)108-87-90(109-93(98)81-78-75-72-69-66-63-60-57-54-49-36-33-30-27-24-21-18-15-12-9-6-3)86-104-92(97)80-77-74-71-68-65-62-59-56-53-51-47-45-40-38-35-32-29-26-23-20-17-14-11-8-5-2/h8,11,16-21,25-30,34-38,41-42,45,47,49,57,60,88-90,94-95H,4-7,9-10,12-15,22-24,31-33,39-40,43-44,46,48,50-56,58-59,61-87H2,1-3H3,(H,99,100)(H,101,102)/b11-8-,19-16-,20-17-,21-18-,28-25-,29-26-,30-27-,37-34-,38-35-,42-41-,47-45-,49-36-,60-57-. The van der Waals surface area contributed by atoms with Crippen LogP contribution in [0.2, 0.25) is 0 Å². The van der Waals surface area contributed by atoms with Gasteiger partial charge in [-0.25, -0.2) is 9.13 Å². The van der Waals surface area contributed by atoms with Crippen LogP contribution in [0.3, 0.4) is 0 Å². The predicted octanol–water partition coefficient (Wildman–Crippen LogP) is 26.5. The molecule has 0 radical (unpaired) electrons. The first-order valence-electron chi connectivity index (χ1n) is 43.8. The Hall–Kier alpha value is -4.83. The molecule has 636 valence electrons. The molecule has 0 rings (SSSR count). The van der Waals surface area contributed by atoms with Gasteiger partial charge in [-0.15, -0.1) is 0 Å². The number of unbranched alkanes of at least 4 members (excludes halogenated alkanes) is 33. The summed E-state index contributed by atoms with van der Waals surface area (Å²) in [6.45, 7) is 2.51. The maximum atomic E-state index is 13.0. The molecule has 0 saturated heterocycles. The van der Waals surface area contributed by atoms with Crippen LogP contribution >= 0.6 is 15.6 Å². The smallest absolute Gasteiger partial charge is 0.463 e. The van der Waals surface area contributed by atoms with Gasteiger partial charge in [0.1, 0.15) is 25.4 Å². The van der Waals surface area contributed by atoms with E-state index in [1.165, 1.54) is 128 Å². The Balaban J connectivity index is 4.64. The van der Waals surface area contributed by atoms with E-state index in [0.29, 0.717) is 19.3 Å². The van der Waals surface area contributed by atoms with E-state index in [9.17, 15) is 43.5 Å². The van der Waals surface area contributed by atoms with Gasteiger partial charge in [0, 0.05) is 19.3 Å². The number of rotatable bonds is 82. The van der Waals surface area contributed by atoms with Gasteiger partial charge in [-0.2, -0.15) is 0 Å². The van der Waals surface area contributed by atoms with E-state index in [0.717, 1.165) is 167 Å². The van der Waals surface area contributed by atoms with E-state index in [1.807, 2.05) is 0 Å². The molecule has 0 aliphatic heterocycles. The van der Waals surface area contributed by atoms with Gasteiger partial charge in [0.2, 0.25) is 0 Å². The average Bonchev–Trinajstić information content (AvgIpc) is 0.903. The Morgan fingerprint density at radius 1 is 0.261 bits per heavy atom. The minimum Gasteiger partial charge on any atom is -0.463 e. The first-order valence-corrected chi connectivity index (χ1v) is 46.8. The largest absolute Gasteiger partial charge is 0.472 e. The second kappa shape index (κ2) is 84.6. The van der Waals surface area contributed by atoms with Gasteiger partial charge in [0.15, 0.2) is 6.10 Å². The van der Waals surface area contributed by atoms with Crippen LogP contribution < -0.4 is 0 Å². The third-order valence-corrected chi connectivity index (χ3v) is 20.1. The Bertz CT molecular complexity index is 2650. The van der Waals surface area contributed by atoms with Crippen molar-refractivity contribution in [2.24, 2.45) is 0 Å². The average molecular weight is 1590 g/mol. The molecule has 0 aromatic carbocycles. The van der Waals surface area contributed by atoms with Crippen LogP contribution in [0.5, 0.6) is 0 Å². The normalized spacial score (nSPS) is 14.6. The lowest BCUT2D eigenvalue weighted by molar-refractivity contribution is -0.161. The highest BCUT2D eigenvalue weighted by molar-refractivity contribution is 7.47. The number of phosphoric ester groups is 2. The molecule has 5 unspecified atom stereocenters. The van der Waals surface area contributed by atoms with Gasteiger partial charge < -0.3 is 34.2 Å². The minimum absolute atomic E-state index is 0.0776. The maximum absolute atomic E-state index is 13.0. The van der Waals surface area contributed by atoms with Gasteiger partial charge >= 0.3 is 33.6 Å². The van der Waals surface area contributed by atoms with Crippen LogP contribution in [0.4, 0.5) is 0 Å². The highest BCUT2D eigenvalue weighted by Crippen LogP contribution is 2.45. The van der Waals surface area contributed by atoms with Gasteiger partial charge in [0.25, 0.3) is 0 Å². The molecule has 0 aromatic heterocycles. The van der Waals surface area contributed by atoms with E-state index in [-0.39, 0.29) is 19.3 Å². The van der Waals surface area contributed by atoms with Gasteiger partial charge in [-0.05, 0) is 154 Å². The van der Waals surface area contributed by atoms with Crippen molar-refractivity contribution >= 4 is 33.6 Å². The van der Waals surface area contributed by atoms with Crippen molar-refractivity contribution in [3.8, 4) is 0 Å². The quantitative estimate of drug-likeness (QED) is 0.0146. The molecule has 0 spiro atoms. The summed E-state index contributed by atoms with van der Waals surface area (Å²) >= 11 is 0. The molecule has 0 aliphatic rings. The van der Waals surface area contributed by atoms with Crippen LogP contribution in [0.1, 0.15) is 355 Å². The van der Waals surface area contributed by atoms with E-state index in [1.54, 1.807) is 0 Å². The van der Waals surface area contributed by atoms with E-state index >= 15 is 0 Å². The molecule has 0 aromatic rings. The molecule has 0 heterocycles. The SMILES string of the molecule is CC/C=C\C/C=C\C/C=C\C/C=C\C/C=C\CCCCCCCCCCCC(=O)OCC(COP(=O)(O)OCC(O)COP(=O)(O)OCC(O)COC(=O)CCCCCCCCCCCCCCC/C=C\C/C=C\C/C=C\C/C=C\CCCCC)OC(=O)CCCCCCC/C=C\C/C=C\C/C=C\C/C=C\CCCCC. The Morgan fingerprint density at radius 2 is 0.477 bits per heavy atom. The minimum atomic E-state index is -4.95. The molecule has 0 bridgehead atoms. The Labute approximate surface area is 676 Å². The van der Waals surface area contributed by atoms with E-state index in [4.69, 9.17) is 32.3 Å². The first-order chi connectivity index (χ1) is 54.2. The highest BCUT2D eigenvalue weighted by Gasteiger charge is 2.29.